The van der Waals surface area contributed by atoms with Gasteiger partial charge < -0.3 is 10.2 Å². The van der Waals surface area contributed by atoms with Crippen LogP contribution in [0, 0.1) is 16.0 Å². The molecule has 1 N–H and O–H groups in total. The molecule has 0 radical (unpaired) electrons. The Morgan fingerprint density at radius 2 is 1.70 bits per heavy atom. The van der Waals surface area contributed by atoms with Crippen LogP contribution in [0.4, 0.5) is 5.69 Å². The molecule has 0 unspecified atom stereocenters. The number of nitro groups is 1. The lowest BCUT2D eigenvalue weighted by atomic mass is 10.1. The minimum absolute atomic E-state index is 0.0344. The van der Waals surface area contributed by atoms with Gasteiger partial charge in [0.15, 0.2) is 0 Å². The van der Waals surface area contributed by atoms with Crippen molar-refractivity contribution in [3.8, 4) is 0 Å². The third-order valence-electron chi connectivity index (χ3n) is 4.98. The Kier molecular flexibility index (Phi) is 10.7. The summed E-state index contributed by atoms with van der Waals surface area (Å²) in [5.41, 5.74) is 1.82. The molecule has 2 aromatic rings. The van der Waals surface area contributed by atoms with Crippen LogP contribution in [0.2, 0.25) is 5.02 Å². The number of hydrogen-bond donors (Lipinski definition) is 1. The van der Waals surface area contributed by atoms with Gasteiger partial charge >= 0.3 is 0 Å². The first kappa shape index (κ1) is 26.7. The molecule has 0 saturated heterocycles. The van der Waals surface area contributed by atoms with Crippen LogP contribution < -0.4 is 5.32 Å². The zero-order valence-electron chi connectivity index (χ0n) is 19.1. The number of thioether (sulfide) groups is 1. The van der Waals surface area contributed by atoms with Crippen molar-refractivity contribution in [3.05, 3.63) is 74.8 Å². The van der Waals surface area contributed by atoms with Crippen LogP contribution in [0.1, 0.15) is 38.3 Å². The van der Waals surface area contributed by atoms with Gasteiger partial charge in [0.25, 0.3) is 5.69 Å². The summed E-state index contributed by atoms with van der Waals surface area (Å²) < 4.78 is 0. The summed E-state index contributed by atoms with van der Waals surface area (Å²) in [6, 6.07) is 13.0. The highest BCUT2D eigenvalue weighted by Crippen LogP contribution is 2.20. The molecule has 0 saturated carbocycles. The van der Waals surface area contributed by atoms with E-state index in [1.807, 2.05) is 32.9 Å². The van der Waals surface area contributed by atoms with E-state index in [-0.39, 0.29) is 23.3 Å². The van der Waals surface area contributed by atoms with Gasteiger partial charge in [-0.05, 0) is 35.6 Å². The van der Waals surface area contributed by atoms with E-state index in [9.17, 15) is 19.7 Å². The maximum Gasteiger partial charge on any atom is 0.269 e. The zero-order chi connectivity index (χ0) is 24.4. The first-order valence-corrected chi connectivity index (χ1v) is 12.4. The highest BCUT2D eigenvalue weighted by Gasteiger charge is 2.28. The van der Waals surface area contributed by atoms with E-state index in [2.05, 4.69) is 5.32 Å². The lowest BCUT2D eigenvalue weighted by molar-refractivity contribution is -0.384. The highest BCUT2D eigenvalue weighted by atomic mass is 35.5. The SMILES string of the molecule is CC[C@@H](C(=O)NCC(C)C)N(Cc1ccc(Cl)cc1)C(=O)CSCc1ccc([N+](=O)[O-])cc1. The Balaban J connectivity index is 2.09. The van der Waals surface area contributed by atoms with E-state index < -0.39 is 11.0 Å². The van der Waals surface area contributed by atoms with Crippen molar-refractivity contribution in [3.63, 3.8) is 0 Å². The van der Waals surface area contributed by atoms with Gasteiger partial charge in [-0.3, -0.25) is 19.7 Å². The number of nitro benzene ring substituents is 1. The number of halogens is 1. The van der Waals surface area contributed by atoms with E-state index in [4.69, 9.17) is 11.6 Å². The van der Waals surface area contributed by atoms with E-state index in [0.29, 0.717) is 36.2 Å². The molecule has 2 amide bonds. The summed E-state index contributed by atoms with van der Waals surface area (Å²) in [7, 11) is 0. The number of amides is 2. The standard InChI is InChI=1S/C24H30ClN3O4S/c1-4-22(24(30)26-13-17(2)3)27(14-18-5-9-20(25)10-6-18)23(29)16-33-15-19-7-11-21(12-8-19)28(31)32/h5-12,17,22H,4,13-16H2,1-3H3,(H,26,30)/t22-/m0/s1. The molecular formula is C24H30ClN3O4S. The molecule has 0 bridgehead atoms. The van der Waals surface area contributed by atoms with Crippen molar-refractivity contribution < 1.29 is 14.5 Å². The summed E-state index contributed by atoms with van der Waals surface area (Å²) >= 11 is 7.40. The molecule has 7 nitrogen and oxygen atoms in total. The molecule has 178 valence electrons. The summed E-state index contributed by atoms with van der Waals surface area (Å²) in [5.74, 6) is 0.745. The predicted octanol–water partition coefficient (Wildman–Crippen LogP) is 5.06. The fourth-order valence-electron chi connectivity index (χ4n) is 3.18. The quantitative estimate of drug-likeness (QED) is 0.331. The molecule has 0 aliphatic heterocycles. The fraction of sp³-hybridized carbons (Fsp3) is 0.417. The van der Waals surface area contributed by atoms with Crippen LogP contribution in [-0.4, -0.2) is 40.0 Å². The van der Waals surface area contributed by atoms with Crippen molar-refractivity contribution in [2.75, 3.05) is 12.3 Å². The second-order valence-electron chi connectivity index (χ2n) is 8.13. The Bertz CT molecular complexity index is 936. The number of benzene rings is 2. The van der Waals surface area contributed by atoms with Gasteiger partial charge in [0, 0.05) is 36.0 Å². The minimum Gasteiger partial charge on any atom is -0.354 e. The van der Waals surface area contributed by atoms with Gasteiger partial charge in [0.2, 0.25) is 11.8 Å². The molecule has 0 heterocycles. The second kappa shape index (κ2) is 13.2. The maximum absolute atomic E-state index is 13.2. The molecule has 0 spiro atoms. The molecule has 1 atom stereocenters. The Morgan fingerprint density at radius 3 is 2.24 bits per heavy atom. The van der Waals surface area contributed by atoms with Crippen LogP contribution >= 0.6 is 23.4 Å². The molecule has 2 aromatic carbocycles. The van der Waals surface area contributed by atoms with Gasteiger partial charge in [-0.15, -0.1) is 11.8 Å². The lowest BCUT2D eigenvalue weighted by Crippen LogP contribution is -2.50. The van der Waals surface area contributed by atoms with E-state index in [0.717, 1.165) is 11.1 Å². The van der Waals surface area contributed by atoms with Crippen molar-refractivity contribution in [1.29, 1.82) is 0 Å². The topological polar surface area (TPSA) is 92.6 Å². The average molecular weight is 492 g/mol. The zero-order valence-corrected chi connectivity index (χ0v) is 20.7. The molecule has 9 heteroatoms. The summed E-state index contributed by atoms with van der Waals surface area (Å²) in [4.78, 5) is 38.1. The van der Waals surface area contributed by atoms with Crippen LogP contribution in [0.15, 0.2) is 48.5 Å². The summed E-state index contributed by atoms with van der Waals surface area (Å²) in [6.45, 7) is 6.79. The first-order chi connectivity index (χ1) is 15.7. The lowest BCUT2D eigenvalue weighted by Gasteiger charge is -2.31. The second-order valence-corrected chi connectivity index (χ2v) is 9.55. The van der Waals surface area contributed by atoms with Gasteiger partial charge in [0.05, 0.1) is 10.7 Å². The minimum atomic E-state index is -0.577. The van der Waals surface area contributed by atoms with Crippen molar-refractivity contribution in [2.24, 2.45) is 5.92 Å². The fourth-order valence-corrected chi connectivity index (χ4v) is 4.18. The van der Waals surface area contributed by atoms with Crippen LogP contribution in [0.3, 0.4) is 0 Å². The highest BCUT2D eigenvalue weighted by molar-refractivity contribution is 7.99. The number of carbonyl (C=O) groups excluding carboxylic acids is 2. The average Bonchev–Trinajstić information content (AvgIpc) is 2.79. The van der Waals surface area contributed by atoms with E-state index >= 15 is 0 Å². The predicted molar refractivity (Wildman–Crippen MR) is 133 cm³/mol. The van der Waals surface area contributed by atoms with Crippen molar-refractivity contribution in [2.45, 2.75) is 45.5 Å². The van der Waals surface area contributed by atoms with Gasteiger partial charge in [-0.2, -0.15) is 0 Å². The van der Waals surface area contributed by atoms with Gasteiger partial charge in [0.1, 0.15) is 6.04 Å². The van der Waals surface area contributed by atoms with E-state index in [1.165, 1.54) is 23.9 Å². The maximum atomic E-state index is 13.2. The van der Waals surface area contributed by atoms with E-state index in [1.54, 1.807) is 29.2 Å². The number of non-ortho nitro benzene ring substituents is 1. The van der Waals surface area contributed by atoms with Crippen molar-refractivity contribution >= 4 is 40.9 Å². The molecule has 0 aliphatic rings. The third-order valence-corrected chi connectivity index (χ3v) is 6.22. The number of nitrogens with zero attached hydrogens (tertiary/aromatic N) is 2. The monoisotopic (exact) mass is 491 g/mol. The normalized spacial score (nSPS) is 11.8. The molecule has 0 aliphatic carbocycles. The number of carbonyl (C=O) groups is 2. The Labute approximate surface area is 204 Å². The van der Waals surface area contributed by atoms with Crippen LogP contribution in [0.25, 0.3) is 0 Å². The smallest absolute Gasteiger partial charge is 0.269 e. The number of hydrogen-bond acceptors (Lipinski definition) is 5. The molecule has 33 heavy (non-hydrogen) atoms. The van der Waals surface area contributed by atoms with Crippen LogP contribution in [-0.2, 0) is 21.9 Å². The largest absolute Gasteiger partial charge is 0.354 e. The molecule has 0 fully saturated rings. The summed E-state index contributed by atoms with van der Waals surface area (Å²) in [5, 5.41) is 14.4. The third kappa shape index (κ3) is 8.70. The Morgan fingerprint density at radius 1 is 1.09 bits per heavy atom. The van der Waals surface area contributed by atoms with Gasteiger partial charge in [-0.1, -0.05) is 56.6 Å². The number of rotatable bonds is 12. The molecular weight excluding hydrogens is 462 g/mol. The Hall–Kier alpha value is -2.58. The summed E-state index contributed by atoms with van der Waals surface area (Å²) in [6.07, 6.45) is 0.496. The van der Waals surface area contributed by atoms with Crippen LogP contribution in [0.5, 0.6) is 0 Å². The molecule has 2 rings (SSSR count). The number of nitrogens with one attached hydrogen (secondary N) is 1. The van der Waals surface area contributed by atoms with Crippen molar-refractivity contribution in [1.82, 2.24) is 10.2 Å². The van der Waals surface area contributed by atoms with Gasteiger partial charge in [-0.25, -0.2) is 0 Å². The molecule has 0 aromatic heterocycles. The first-order valence-electron chi connectivity index (χ1n) is 10.8.